The molecule has 0 saturated carbocycles. The summed E-state index contributed by atoms with van der Waals surface area (Å²) >= 11 is 12.1. The molecule has 0 aliphatic carbocycles. The Morgan fingerprint density at radius 2 is 2.30 bits per heavy atom. The van der Waals surface area contributed by atoms with Gasteiger partial charge in [0.25, 0.3) is 0 Å². The standard InChI is InChI=1S/C16H23Cl2N3O2/c1-11(13-3-2-12(17)8-14(13)18)21-15(19)20-9-16(4-6-22)5-7-23-10-16/h2-3,8,11,22H,4-7,9-10H2,1H3,(H3,19,20,21). The number of hydrogen-bond donors (Lipinski definition) is 3. The topological polar surface area (TPSA) is 79.9 Å². The molecule has 0 radical (unpaired) electrons. The van der Waals surface area contributed by atoms with Crippen molar-refractivity contribution >= 4 is 29.2 Å². The number of guanidine groups is 1. The zero-order valence-electron chi connectivity index (χ0n) is 13.2. The van der Waals surface area contributed by atoms with Gasteiger partial charge in [-0.25, -0.2) is 0 Å². The van der Waals surface area contributed by atoms with Gasteiger partial charge in [0.05, 0.1) is 19.2 Å². The van der Waals surface area contributed by atoms with Gasteiger partial charge in [0, 0.05) is 28.7 Å². The first-order valence-electron chi connectivity index (χ1n) is 7.66. The van der Waals surface area contributed by atoms with Gasteiger partial charge < -0.3 is 20.9 Å². The van der Waals surface area contributed by atoms with Crippen molar-refractivity contribution in [3.63, 3.8) is 0 Å². The fourth-order valence-electron chi connectivity index (χ4n) is 2.74. The van der Waals surface area contributed by atoms with Crippen LogP contribution in [-0.4, -0.2) is 37.4 Å². The van der Waals surface area contributed by atoms with Crippen molar-refractivity contribution in [3.05, 3.63) is 33.8 Å². The van der Waals surface area contributed by atoms with E-state index in [1.54, 1.807) is 12.1 Å². The molecule has 128 valence electrons. The Kier molecular flexibility index (Phi) is 6.53. The number of aliphatic hydroxyl groups excluding tert-OH is 1. The van der Waals surface area contributed by atoms with E-state index in [4.69, 9.17) is 33.7 Å². The largest absolute Gasteiger partial charge is 0.396 e. The SMILES string of the molecule is CC(NC(N)=NCC1(CCO)CCOC1)c1ccc(Cl)cc1Cl. The molecule has 1 aliphatic heterocycles. The first kappa shape index (κ1) is 18.3. The molecule has 4 N–H and O–H groups in total. The molecule has 0 amide bonds. The van der Waals surface area contributed by atoms with Gasteiger partial charge in [-0.1, -0.05) is 29.3 Å². The highest BCUT2D eigenvalue weighted by atomic mass is 35.5. The first-order valence-corrected chi connectivity index (χ1v) is 8.41. The number of nitrogens with one attached hydrogen (secondary N) is 1. The summed E-state index contributed by atoms with van der Waals surface area (Å²) in [5.41, 5.74) is 6.79. The van der Waals surface area contributed by atoms with Crippen LogP contribution in [0.15, 0.2) is 23.2 Å². The molecular weight excluding hydrogens is 337 g/mol. The normalized spacial score (nSPS) is 23.0. The third-order valence-electron chi connectivity index (χ3n) is 4.21. The molecule has 0 bridgehead atoms. The molecule has 1 aliphatic rings. The third-order valence-corrected chi connectivity index (χ3v) is 4.77. The number of ether oxygens (including phenoxy) is 1. The zero-order chi connectivity index (χ0) is 16.9. The number of aliphatic imine (C=N–C) groups is 1. The highest BCUT2D eigenvalue weighted by molar-refractivity contribution is 6.35. The number of nitrogens with two attached hydrogens (primary N) is 1. The van der Waals surface area contributed by atoms with Gasteiger partial charge in [0.2, 0.25) is 0 Å². The van der Waals surface area contributed by atoms with Crippen molar-refractivity contribution in [2.24, 2.45) is 16.1 Å². The van der Waals surface area contributed by atoms with Crippen molar-refractivity contribution < 1.29 is 9.84 Å². The summed E-state index contributed by atoms with van der Waals surface area (Å²) in [6.07, 6.45) is 1.56. The lowest BCUT2D eigenvalue weighted by molar-refractivity contribution is 0.131. The molecule has 2 unspecified atom stereocenters. The van der Waals surface area contributed by atoms with Crippen LogP contribution in [0.3, 0.4) is 0 Å². The van der Waals surface area contributed by atoms with Gasteiger partial charge in [-0.2, -0.15) is 0 Å². The van der Waals surface area contributed by atoms with E-state index in [1.807, 2.05) is 13.0 Å². The second-order valence-corrected chi connectivity index (χ2v) is 6.85. The molecule has 0 spiro atoms. The summed E-state index contributed by atoms with van der Waals surface area (Å²) in [6, 6.07) is 5.28. The average Bonchev–Trinajstić information content (AvgIpc) is 2.94. The minimum Gasteiger partial charge on any atom is -0.396 e. The van der Waals surface area contributed by atoms with Crippen LogP contribution in [0, 0.1) is 5.41 Å². The van der Waals surface area contributed by atoms with Crippen molar-refractivity contribution in [1.29, 1.82) is 0 Å². The Labute approximate surface area is 146 Å². The van der Waals surface area contributed by atoms with Gasteiger partial charge in [-0.05, 0) is 37.5 Å². The molecule has 5 nitrogen and oxygen atoms in total. The van der Waals surface area contributed by atoms with Gasteiger partial charge in [-0.15, -0.1) is 0 Å². The number of aliphatic hydroxyl groups is 1. The summed E-state index contributed by atoms with van der Waals surface area (Å²) in [5.74, 6) is 0.354. The van der Waals surface area contributed by atoms with Gasteiger partial charge in [0.1, 0.15) is 0 Å². The number of nitrogens with zero attached hydrogens (tertiary/aromatic N) is 1. The van der Waals surface area contributed by atoms with Crippen molar-refractivity contribution in [3.8, 4) is 0 Å². The minimum absolute atomic E-state index is 0.0860. The lowest BCUT2D eigenvalue weighted by Gasteiger charge is -2.24. The summed E-state index contributed by atoms with van der Waals surface area (Å²) in [5, 5.41) is 13.6. The van der Waals surface area contributed by atoms with Gasteiger partial charge >= 0.3 is 0 Å². The maximum Gasteiger partial charge on any atom is 0.189 e. The van der Waals surface area contributed by atoms with E-state index in [0.717, 1.165) is 12.0 Å². The first-order chi connectivity index (χ1) is 11.0. The van der Waals surface area contributed by atoms with Crippen LogP contribution in [0.25, 0.3) is 0 Å². The lowest BCUT2D eigenvalue weighted by Crippen LogP contribution is -2.36. The maximum atomic E-state index is 9.23. The van der Waals surface area contributed by atoms with E-state index in [9.17, 15) is 5.11 Å². The zero-order valence-corrected chi connectivity index (χ0v) is 14.7. The van der Waals surface area contributed by atoms with E-state index in [2.05, 4.69) is 10.3 Å². The monoisotopic (exact) mass is 359 g/mol. The number of benzene rings is 1. The molecule has 1 heterocycles. The maximum absolute atomic E-state index is 9.23. The molecule has 1 aromatic rings. The Morgan fingerprint density at radius 3 is 2.91 bits per heavy atom. The molecule has 0 aromatic heterocycles. The van der Waals surface area contributed by atoms with E-state index < -0.39 is 0 Å². The Bertz CT molecular complexity index is 560. The predicted octanol–water partition coefficient (Wildman–Crippen LogP) is 2.75. The van der Waals surface area contributed by atoms with Crippen molar-refractivity contribution in [1.82, 2.24) is 5.32 Å². The van der Waals surface area contributed by atoms with E-state index in [0.29, 0.717) is 42.2 Å². The molecule has 23 heavy (non-hydrogen) atoms. The fraction of sp³-hybridized carbons (Fsp3) is 0.562. The summed E-state index contributed by atoms with van der Waals surface area (Å²) in [4.78, 5) is 4.43. The second-order valence-electron chi connectivity index (χ2n) is 6.01. The lowest BCUT2D eigenvalue weighted by atomic mass is 9.84. The Morgan fingerprint density at radius 1 is 1.52 bits per heavy atom. The Hall–Kier alpha value is -1.01. The third kappa shape index (κ3) is 4.98. The Balaban J connectivity index is 1.98. The molecule has 2 rings (SSSR count). The number of hydrogen-bond acceptors (Lipinski definition) is 3. The van der Waals surface area contributed by atoms with Crippen molar-refractivity contribution in [2.45, 2.75) is 25.8 Å². The summed E-state index contributed by atoms with van der Waals surface area (Å²) in [7, 11) is 0. The molecule has 1 fully saturated rings. The fourth-order valence-corrected chi connectivity index (χ4v) is 3.31. The van der Waals surface area contributed by atoms with Gasteiger partial charge in [-0.3, -0.25) is 4.99 Å². The van der Waals surface area contributed by atoms with Crippen LogP contribution in [0.4, 0.5) is 0 Å². The van der Waals surface area contributed by atoms with Crippen LogP contribution in [0.5, 0.6) is 0 Å². The van der Waals surface area contributed by atoms with E-state index >= 15 is 0 Å². The second kappa shape index (κ2) is 8.20. The van der Waals surface area contributed by atoms with E-state index in [-0.39, 0.29) is 18.1 Å². The summed E-state index contributed by atoms with van der Waals surface area (Å²) in [6.45, 7) is 3.94. The smallest absolute Gasteiger partial charge is 0.189 e. The highest BCUT2D eigenvalue weighted by Crippen LogP contribution is 2.32. The number of rotatable bonds is 6. The highest BCUT2D eigenvalue weighted by Gasteiger charge is 2.34. The van der Waals surface area contributed by atoms with Crippen LogP contribution in [0.2, 0.25) is 10.0 Å². The van der Waals surface area contributed by atoms with Crippen LogP contribution >= 0.6 is 23.2 Å². The quantitative estimate of drug-likeness (QED) is 0.538. The molecule has 2 atom stereocenters. The molecular formula is C16H23Cl2N3O2. The van der Waals surface area contributed by atoms with Crippen LogP contribution < -0.4 is 11.1 Å². The molecule has 7 heteroatoms. The van der Waals surface area contributed by atoms with Crippen LogP contribution in [-0.2, 0) is 4.74 Å². The van der Waals surface area contributed by atoms with Crippen LogP contribution in [0.1, 0.15) is 31.4 Å². The minimum atomic E-state index is -0.109. The molecule has 1 saturated heterocycles. The van der Waals surface area contributed by atoms with Gasteiger partial charge in [0.15, 0.2) is 5.96 Å². The number of halogens is 2. The molecule has 1 aromatic carbocycles. The van der Waals surface area contributed by atoms with E-state index in [1.165, 1.54) is 0 Å². The summed E-state index contributed by atoms with van der Waals surface area (Å²) < 4.78 is 5.45. The predicted molar refractivity (Wildman–Crippen MR) is 94.1 cm³/mol. The average molecular weight is 360 g/mol. The van der Waals surface area contributed by atoms with Crippen molar-refractivity contribution in [2.75, 3.05) is 26.4 Å².